The molecule has 0 aromatic heterocycles. The van der Waals surface area contributed by atoms with Crippen LogP contribution in [0.5, 0.6) is 11.5 Å². The van der Waals surface area contributed by atoms with E-state index in [1.165, 1.54) is 40.1 Å². The van der Waals surface area contributed by atoms with E-state index in [1.807, 2.05) is 0 Å². The summed E-state index contributed by atoms with van der Waals surface area (Å²) in [6.07, 6.45) is 1.13. The van der Waals surface area contributed by atoms with E-state index >= 15 is 4.39 Å². The zero-order valence-electron chi connectivity index (χ0n) is 19.9. The van der Waals surface area contributed by atoms with E-state index in [4.69, 9.17) is 32.7 Å². The van der Waals surface area contributed by atoms with Gasteiger partial charge in [-0.1, -0.05) is 23.2 Å². The number of carbonyl (C=O) groups excluding carboxylic acids is 2. The molecule has 3 aromatic rings. The highest BCUT2D eigenvalue weighted by Gasteiger charge is 2.47. The van der Waals surface area contributed by atoms with Gasteiger partial charge in [-0.05, 0) is 61.4 Å². The largest absolute Gasteiger partial charge is 0.440 e. The van der Waals surface area contributed by atoms with Crippen LogP contribution in [0.25, 0.3) is 0 Å². The molecular formula is C27H22Cl2F2N2O4. The summed E-state index contributed by atoms with van der Waals surface area (Å²) in [5.41, 5.74) is 0.590. The molecule has 2 aliphatic rings. The van der Waals surface area contributed by atoms with Crippen molar-refractivity contribution >= 4 is 35.0 Å². The fourth-order valence-electron chi connectivity index (χ4n) is 4.68. The first-order chi connectivity index (χ1) is 17.6. The molecule has 2 amide bonds. The average molecular weight is 547 g/mol. The number of hydrogen-bond donors (Lipinski definition) is 0. The highest BCUT2D eigenvalue weighted by molar-refractivity contribution is 6.42. The number of likely N-dealkylation sites (tertiary alicyclic amines) is 1. The maximum absolute atomic E-state index is 15.3. The number of ether oxygens (including phenoxy) is 2. The summed E-state index contributed by atoms with van der Waals surface area (Å²) in [5.74, 6) is -3.61. The Morgan fingerprint density at radius 1 is 0.946 bits per heavy atom. The minimum Gasteiger partial charge on any atom is -0.440 e. The molecule has 2 aliphatic heterocycles. The monoisotopic (exact) mass is 546 g/mol. The number of amides is 2. The van der Waals surface area contributed by atoms with Crippen LogP contribution in [0.2, 0.25) is 10.0 Å². The molecule has 3 aromatic carbocycles. The summed E-state index contributed by atoms with van der Waals surface area (Å²) < 4.78 is 41.4. The van der Waals surface area contributed by atoms with Crippen LogP contribution in [0.1, 0.15) is 34.3 Å². The van der Waals surface area contributed by atoms with E-state index in [9.17, 15) is 14.0 Å². The van der Waals surface area contributed by atoms with Crippen LogP contribution in [-0.2, 0) is 10.6 Å². The molecule has 0 radical (unpaired) electrons. The SMILES string of the molecule is CN(C)C(=O)[C@H]1CCCN1C(=O)c1cc2c(cc1F)OC(c1ccc(F)cc1)(c1ccc(Cl)c(Cl)c1)O2. The van der Waals surface area contributed by atoms with E-state index in [2.05, 4.69) is 0 Å². The molecule has 5 rings (SSSR count). The molecule has 10 heteroatoms. The van der Waals surface area contributed by atoms with Gasteiger partial charge in [-0.3, -0.25) is 9.59 Å². The van der Waals surface area contributed by atoms with Gasteiger partial charge in [0.15, 0.2) is 11.5 Å². The molecule has 2 atom stereocenters. The first kappa shape index (κ1) is 25.3. The number of rotatable bonds is 4. The summed E-state index contributed by atoms with van der Waals surface area (Å²) in [6.45, 7) is 0.333. The maximum Gasteiger partial charge on any atom is 0.305 e. The number of nitrogens with zero attached hydrogens (tertiary/aromatic N) is 2. The van der Waals surface area contributed by atoms with Crippen molar-refractivity contribution in [3.63, 3.8) is 0 Å². The van der Waals surface area contributed by atoms with Crippen molar-refractivity contribution in [2.24, 2.45) is 0 Å². The minimum atomic E-state index is -1.64. The Kier molecular flexibility index (Phi) is 6.50. The van der Waals surface area contributed by atoms with Crippen molar-refractivity contribution in [1.29, 1.82) is 0 Å². The van der Waals surface area contributed by atoms with E-state index in [0.717, 1.165) is 6.07 Å². The fourth-order valence-corrected chi connectivity index (χ4v) is 4.98. The number of likely N-dealkylation sites (N-methyl/N-ethyl adjacent to an activating group) is 1. The van der Waals surface area contributed by atoms with Gasteiger partial charge in [0.05, 0.1) is 15.6 Å². The second-order valence-electron chi connectivity index (χ2n) is 9.12. The Morgan fingerprint density at radius 3 is 2.24 bits per heavy atom. The van der Waals surface area contributed by atoms with Crippen molar-refractivity contribution < 1.29 is 27.8 Å². The van der Waals surface area contributed by atoms with Crippen molar-refractivity contribution in [2.75, 3.05) is 20.6 Å². The van der Waals surface area contributed by atoms with Crippen molar-refractivity contribution in [2.45, 2.75) is 24.7 Å². The zero-order chi connectivity index (χ0) is 26.5. The molecule has 0 bridgehead atoms. The van der Waals surface area contributed by atoms with E-state index in [1.54, 1.807) is 32.3 Å². The summed E-state index contributed by atoms with van der Waals surface area (Å²) >= 11 is 12.4. The van der Waals surface area contributed by atoms with Crippen LogP contribution in [0, 0.1) is 11.6 Å². The molecule has 192 valence electrons. The van der Waals surface area contributed by atoms with Crippen molar-refractivity contribution in [3.8, 4) is 11.5 Å². The summed E-state index contributed by atoms with van der Waals surface area (Å²) in [7, 11) is 3.23. The lowest BCUT2D eigenvalue weighted by Crippen LogP contribution is -2.45. The quantitative estimate of drug-likeness (QED) is 0.425. The molecule has 6 nitrogen and oxygen atoms in total. The predicted molar refractivity (Wildman–Crippen MR) is 134 cm³/mol. The maximum atomic E-state index is 15.3. The van der Waals surface area contributed by atoms with Gasteiger partial charge in [0.2, 0.25) is 5.91 Å². The fraction of sp³-hybridized carbons (Fsp3) is 0.259. The van der Waals surface area contributed by atoms with Gasteiger partial charge in [-0.2, -0.15) is 0 Å². The third-order valence-electron chi connectivity index (χ3n) is 6.53. The molecule has 0 saturated carbocycles. The zero-order valence-corrected chi connectivity index (χ0v) is 21.4. The Morgan fingerprint density at radius 2 is 1.59 bits per heavy atom. The van der Waals surface area contributed by atoms with Crippen LogP contribution in [0.3, 0.4) is 0 Å². The molecule has 0 aliphatic carbocycles. The third kappa shape index (κ3) is 4.38. The summed E-state index contributed by atoms with van der Waals surface area (Å²) in [4.78, 5) is 28.8. The molecule has 1 saturated heterocycles. The average Bonchev–Trinajstić information content (AvgIpc) is 3.50. The lowest BCUT2D eigenvalue weighted by atomic mass is 9.97. The Balaban J connectivity index is 1.55. The van der Waals surface area contributed by atoms with Crippen LogP contribution in [0.4, 0.5) is 8.78 Å². The Hall–Kier alpha value is -3.36. The molecular weight excluding hydrogens is 525 g/mol. The second kappa shape index (κ2) is 9.50. The Labute approximate surface area is 222 Å². The third-order valence-corrected chi connectivity index (χ3v) is 7.27. The Bertz CT molecular complexity index is 1400. The predicted octanol–water partition coefficient (Wildman–Crippen LogP) is 5.64. The first-order valence-corrected chi connectivity index (χ1v) is 12.3. The summed E-state index contributed by atoms with van der Waals surface area (Å²) in [6, 6.07) is 11.9. The smallest absolute Gasteiger partial charge is 0.305 e. The first-order valence-electron chi connectivity index (χ1n) is 11.6. The molecule has 1 fully saturated rings. The van der Waals surface area contributed by atoms with Crippen molar-refractivity contribution in [3.05, 3.63) is 93.0 Å². The number of hydrogen-bond acceptors (Lipinski definition) is 4. The van der Waals surface area contributed by atoms with Crippen molar-refractivity contribution in [1.82, 2.24) is 9.80 Å². The minimum absolute atomic E-state index is 0.0480. The number of fused-ring (bicyclic) bond motifs is 1. The van der Waals surface area contributed by atoms with E-state index in [-0.39, 0.29) is 28.0 Å². The summed E-state index contributed by atoms with van der Waals surface area (Å²) in [5, 5.41) is 0.540. The standard InChI is InChI=1S/C27H22Cl2F2N2O4/c1-32(2)26(35)22-4-3-11-33(22)25(34)18-13-23-24(14-21(18)31)37-27(36-23,15-5-8-17(30)9-6-15)16-7-10-19(28)20(29)12-16/h5-10,12-14,22H,3-4,11H2,1-2H3/t22-,27?/m1/s1. The molecule has 37 heavy (non-hydrogen) atoms. The molecule has 0 N–H and O–H groups in total. The lowest BCUT2D eigenvalue weighted by Gasteiger charge is -2.29. The normalized spacial score (nSPS) is 20.3. The van der Waals surface area contributed by atoms with Gasteiger partial charge in [-0.15, -0.1) is 0 Å². The number of halogens is 4. The second-order valence-corrected chi connectivity index (χ2v) is 9.94. The van der Waals surface area contributed by atoms with Gasteiger partial charge >= 0.3 is 5.79 Å². The van der Waals surface area contributed by atoms with Gasteiger partial charge in [-0.25, -0.2) is 8.78 Å². The van der Waals surface area contributed by atoms with E-state index in [0.29, 0.717) is 35.5 Å². The molecule has 0 spiro atoms. The van der Waals surface area contributed by atoms with Gasteiger partial charge < -0.3 is 19.3 Å². The van der Waals surface area contributed by atoms with Gasteiger partial charge in [0.25, 0.3) is 5.91 Å². The van der Waals surface area contributed by atoms with Crippen LogP contribution < -0.4 is 9.47 Å². The lowest BCUT2D eigenvalue weighted by molar-refractivity contribution is -0.132. The topological polar surface area (TPSA) is 59.1 Å². The van der Waals surface area contributed by atoms with Gasteiger partial charge in [0.1, 0.15) is 17.7 Å². The highest BCUT2D eigenvalue weighted by Crippen LogP contribution is 2.49. The highest BCUT2D eigenvalue weighted by atomic mass is 35.5. The van der Waals surface area contributed by atoms with Crippen LogP contribution >= 0.6 is 23.2 Å². The molecule has 2 heterocycles. The van der Waals surface area contributed by atoms with E-state index < -0.39 is 29.4 Å². The number of carbonyl (C=O) groups is 2. The van der Waals surface area contributed by atoms with Crippen LogP contribution in [0.15, 0.2) is 54.6 Å². The molecule has 1 unspecified atom stereocenters. The van der Waals surface area contributed by atoms with Gasteiger partial charge in [0, 0.05) is 37.8 Å². The van der Waals surface area contributed by atoms with Crippen LogP contribution in [-0.4, -0.2) is 48.3 Å². The number of benzene rings is 3.